The molecule has 3 amide bonds. The molecule has 12 nitrogen and oxygen atoms in total. The van der Waals surface area contributed by atoms with Crippen LogP contribution in [0.1, 0.15) is 84.7 Å². The largest absolute Gasteiger partial charge is 0.490 e. The molecule has 0 radical (unpaired) electrons. The third-order valence-corrected chi connectivity index (χ3v) is 8.83. The maximum absolute atomic E-state index is 13.4. The van der Waals surface area contributed by atoms with Crippen molar-refractivity contribution in [1.82, 2.24) is 9.80 Å². The van der Waals surface area contributed by atoms with E-state index in [2.05, 4.69) is 11.8 Å². The molecule has 2 aromatic carbocycles. The molecular weight excluding hydrogens is 592 g/mol. The predicted molar refractivity (Wildman–Crippen MR) is 167 cm³/mol. The zero-order valence-corrected chi connectivity index (χ0v) is 26.5. The Morgan fingerprint density at radius 2 is 1.98 bits per heavy atom. The van der Waals surface area contributed by atoms with E-state index in [1.54, 1.807) is 37.8 Å². The summed E-state index contributed by atoms with van der Waals surface area (Å²) in [4.78, 5) is 65.3. The summed E-state index contributed by atoms with van der Waals surface area (Å²) in [6.45, 7) is 6.53. The maximum Gasteiger partial charge on any atom is 0.310 e. The van der Waals surface area contributed by atoms with Gasteiger partial charge in [-0.2, -0.15) is 0 Å². The Bertz CT molecular complexity index is 1670. The number of carbonyl (C=O) groups excluding carboxylic acids is 4. The second-order valence-corrected chi connectivity index (χ2v) is 13.2. The highest BCUT2D eigenvalue weighted by atomic mass is 16.6. The van der Waals surface area contributed by atoms with Crippen molar-refractivity contribution in [2.24, 2.45) is 17.1 Å². The van der Waals surface area contributed by atoms with Gasteiger partial charge in [0.25, 0.3) is 11.8 Å². The normalized spacial score (nSPS) is 20.8. The summed E-state index contributed by atoms with van der Waals surface area (Å²) in [5.41, 5.74) is 6.86. The van der Waals surface area contributed by atoms with Crippen molar-refractivity contribution in [2.45, 2.75) is 71.1 Å². The number of primary amides is 1. The second-order valence-electron chi connectivity index (χ2n) is 13.2. The SMILES string of the molecule is COc1cc(C(=O)N2CCC[C@]3(C[C@@H]3C#Cc3cccc4c3CN([C@@H](CCC(=O)OC(C)(C)C)C(N)=O)C4=O)C2)ccc1[N+](=O)[O-]. The van der Waals surface area contributed by atoms with Crippen LogP contribution in [0.5, 0.6) is 5.75 Å². The molecule has 2 heterocycles. The minimum absolute atomic E-state index is 0.0374. The number of nitrogens with two attached hydrogens (primary N) is 1. The first-order valence-electron chi connectivity index (χ1n) is 15.3. The number of carbonyl (C=O) groups is 4. The van der Waals surface area contributed by atoms with Crippen LogP contribution in [0.3, 0.4) is 0 Å². The van der Waals surface area contributed by atoms with E-state index >= 15 is 0 Å². The van der Waals surface area contributed by atoms with Crippen molar-refractivity contribution in [2.75, 3.05) is 20.2 Å². The van der Waals surface area contributed by atoms with Gasteiger partial charge in [0.2, 0.25) is 5.91 Å². The van der Waals surface area contributed by atoms with Gasteiger partial charge < -0.3 is 25.0 Å². The standard InChI is InChI=1S/C34H38N4O8/c1-33(2,3)46-29(39)14-13-27(30(35)40)37-19-25-21(7-5-8-24(25)32(37)42)9-11-23-18-34(23)15-6-16-36(20-34)31(41)22-10-12-26(38(43)44)28(17-22)45-4/h5,7-8,10,12,17,23,27H,6,13-16,18-20H2,1-4H3,(H2,35,40)/t23-,27-,34-/m0/s1. The Balaban J connectivity index is 1.27. The van der Waals surface area contributed by atoms with Crippen molar-refractivity contribution >= 4 is 29.4 Å². The first-order chi connectivity index (χ1) is 21.7. The number of amides is 3. The Kier molecular flexibility index (Phi) is 8.80. The molecule has 1 saturated carbocycles. The number of esters is 1. The molecule has 1 aliphatic carbocycles. The van der Waals surface area contributed by atoms with Crippen LogP contribution in [0.4, 0.5) is 5.69 Å². The van der Waals surface area contributed by atoms with Crippen molar-refractivity contribution < 1.29 is 33.6 Å². The first-order valence-corrected chi connectivity index (χ1v) is 15.3. The van der Waals surface area contributed by atoms with Gasteiger partial charge in [-0.05, 0) is 70.2 Å². The number of benzene rings is 2. The van der Waals surface area contributed by atoms with E-state index in [0.717, 1.165) is 19.3 Å². The predicted octanol–water partition coefficient (Wildman–Crippen LogP) is 3.83. The number of hydrogen-bond acceptors (Lipinski definition) is 8. The molecule has 2 fully saturated rings. The van der Waals surface area contributed by atoms with Crippen molar-refractivity contribution in [3.8, 4) is 17.6 Å². The summed E-state index contributed by atoms with van der Waals surface area (Å²) in [5.74, 6) is 5.04. The van der Waals surface area contributed by atoms with Crippen LogP contribution in [0.2, 0.25) is 0 Å². The van der Waals surface area contributed by atoms with Gasteiger partial charge in [-0.1, -0.05) is 17.9 Å². The molecule has 3 aliphatic rings. The smallest absolute Gasteiger partial charge is 0.310 e. The fourth-order valence-corrected chi connectivity index (χ4v) is 6.47. The third-order valence-electron chi connectivity index (χ3n) is 8.83. The van der Waals surface area contributed by atoms with Crippen LogP contribution in [0.25, 0.3) is 0 Å². The fraction of sp³-hybridized carbons (Fsp3) is 0.471. The Hall–Kier alpha value is -4.92. The van der Waals surface area contributed by atoms with Crippen LogP contribution < -0.4 is 10.5 Å². The van der Waals surface area contributed by atoms with Gasteiger partial charge in [-0.15, -0.1) is 0 Å². The number of nitrogens with zero attached hydrogens (tertiary/aromatic N) is 3. The highest BCUT2D eigenvalue weighted by Gasteiger charge is 2.55. The number of nitro groups is 1. The number of piperidine rings is 1. The second kappa shape index (κ2) is 12.5. The Labute approximate surface area is 267 Å². The number of likely N-dealkylation sites (tertiary alicyclic amines) is 1. The van der Waals surface area contributed by atoms with Gasteiger partial charge in [-0.25, -0.2) is 0 Å². The molecular formula is C34H38N4O8. The number of ether oxygens (including phenoxy) is 2. The minimum atomic E-state index is -0.971. The zero-order valence-electron chi connectivity index (χ0n) is 26.5. The van der Waals surface area contributed by atoms with Gasteiger partial charge in [0.1, 0.15) is 11.6 Å². The van der Waals surface area contributed by atoms with Crippen LogP contribution in [0.15, 0.2) is 36.4 Å². The quantitative estimate of drug-likeness (QED) is 0.199. The van der Waals surface area contributed by atoms with Gasteiger partial charge in [0.15, 0.2) is 5.75 Å². The van der Waals surface area contributed by atoms with E-state index in [1.165, 1.54) is 30.2 Å². The number of methoxy groups -OCH3 is 1. The lowest BCUT2D eigenvalue weighted by molar-refractivity contribution is -0.385. The summed E-state index contributed by atoms with van der Waals surface area (Å²) in [6.07, 6.45) is 2.57. The third kappa shape index (κ3) is 6.68. The van der Waals surface area contributed by atoms with E-state index < -0.39 is 28.4 Å². The van der Waals surface area contributed by atoms with Gasteiger partial charge in [-0.3, -0.25) is 29.3 Å². The van der Waals surface area contributed by atoms with Gasteiger partial charge >= 0.3 is 11.7 Å². The molecule has 46 heavy (non-hydrogen) atoms. The molecule has 2 N–H and O–H groups in total. The highest BCUT2D eigenvalue weighted by molar-refractivity contribution is 6.01. The average molecular weight is 631 g/mol. The summed E-state index contributed by atoms with van der Waals surface area (Å²) in [5, 5.41) is 11.3. The Morgan fingerprint density at radius 3 is 2.65 bits per heavy atom. The molecule has 0 unspecified atom stereocenters. The number of fused-ring (bicyclic) bond motifs is 1. The number of nitro benzene ring substituents is 1. The summed E-state index contributed by atoms with van der Waals surface area (Å²) in [6, 6.07) is 8.48. The molecule has 2 aliphatic heterocycles. The summed E-state index contributed by atoms with van der Waals surface area (Å²) in [7, 11) is 1.33. The van der Waals surface area contributed by atoms with E-state index in [0.29, 0.717) is 35.3 Å². The molecule has 0 bridgehead atoms. The van der Waals surface area contributed by atoms with E-state index in [1.807, 2.05) is 6.07 Å². The monoisotopic (exact) mass is 630 g/mol. The maximum atomic E-state index is 13.4. The molecule has 1 spiro atoms. The summed E-state index contributed by atoms with van der Waals surface area (Å²) < 4.78 is 10.5. The van der Waals surface area contributed by atoms with Crippen LogP contribution in [-0.4, -0.2) is 70.3 Å². The lowest BCUT2D eigenvalue weighted by Crippen LogP contribution is -2.45. The zero-order chi connectivity index (χ0) is 33.4. The van der Waals surface area contributed by atoms with E-state index in [4.69, 9.17) is 15.2 Å². The molecule has 5 rings (SSSR count). The van der Waals surface area contributed by atoms with Gasteiger partial charge in [0.05, 0.1) is 12.0 Å². The molecule has 242 valence electrons. The van der Waals surface area contributed by atoms with Crippen molar-refractivity contribution in [1.29, 1.82) is 0 Å². The molecule has 0 aromatic heterocycles. The highest BCUT2D eigenvalue weighted by Crippen LogP contribution is 2.57. The summed E-state index contributed by atoms with van der Waals surface area (Å²) >= 11 is 0. The van der Waals surface area contributed by atoms with Crippen LogP contribution in [-0.2, 0) is 20.9 Å². The minimum Gasteiger partial charge on any atom is -0.490 e. The first kappa shape index (κ1) is 32.5. The molecule has 12 heteroatoms. The average Bonchev–Trinajstić information content (AvgIpc) is 3.55. The molecule has 1 saturated heterocycles. The number of hydrogen-bond donors (Lipinski definition) is 1. The van der Waals surface area contributed by atoms with Gasteiger partial charge in [0, 0.05) is 66.2 Å². The van der Waals surface area contributed by atoms with E-state index in [9.17, 15) is 29.3 Å². The van der Waals surface area contributed by atoms with Crippen LogP contribution in [0, 0.1) is 33.3 Å². The fourth-order valence-electron chi connectivity index (χ4n) is 6.47. The molecule has 2 aromatic rings. The Morgan fingerprint density at radius 1 is 1.22 bits per heavy atom. The van der Waals surface area contributed by atoms with Crippen molar-refractivity contribution in [3.05, 3.63) is 68.8 Å². The van der Waals surface area contributed by atoms with E-state index in [-0.39, 0.29) is 54.0 Å². The lowest BCUT2D eigenvalue weighted by atomic mass is 9.91. The topological polar surface area (TPSA) is 162 Å². The molecule has 3 atom stereocenters. The van der Waals surface area contributed by atoms with Crippen LogP contribution >= 0.6 is 0 Å². The number of rotatable bonds is 8. The van der Waals surface area contributed by atoms with Crippen molar-refractivity contribution in [3.63, 3.8) is 0 Å². The lowest BCUT2D eigenvalue weighted by Gasteiger charge is -2.33.